The predicted octanol–water partition coefficient (Wildman–Crippen LogP) is 2.34. The summed E-state index contributed by atoms with van der Waals surface area (Å²) in [5.41, 5.74) is 0.445. The summed E-state index contributed by atoms with van der Waals surface area (Å²) in [5, 5.41) is 19.9. The molecule has 1 aromatic carbocycles. The second-order valence-electron chi connectivity index (χ2n) is 8.82. The third-order valence-corrected chi connectivity index (χ3v) is 8.38. The first-order valence-corrected chi connectivity index (χ1v) is 13.0. The van der Waals surface area contributed by atoms with E-state index < -0.39 is 27.0 Å². The Hall–Kier alpha value is -2.73. The van der Waals surface area contributed by atoms with Crippen LogP contribution in [-0.2, 0) is 10.0 Å². The number of piperazine rings is 1. The summed E-state index contributed by atoms with van der Waals surface area (Å²) in [6, 6.07) is 5.34. The Morgan fingerprint density at radius 3 is 2.56 bits per heavy atom. The Balaban J connectivity index is 1.67. The average Bonchev–Trinajstić information content (AvgIpc) is 3.18. The van der Waals surface area contributed by atoms with E-state index in [0.717, 1.165) is 0 Å². The number of nitrogens with zero attached hydrogens (tertiary/aromatic N) is 6. The molecule has 180 valence electrons. The van der Waals surface area contributed by atoms with Gasteiger partial charge in [-0.1, -0.05) is 11.3 Å². The number of nitriles is 1. The fraction of sp³-hybridized carbons (Fsp3) is 0.500. The molecular formula is C20H22F2N8O2S2. The van der Waals surface area contributed by atoms with Crippen LogP contribution in [0.3, 0.4) is 0 Å². The lowest BCUT2D eigenvalue weighted by Crippen LogP contribution is -2.54. The van der Waals surface area contributed by atoms with Crippen molar-refractivity contribution in [2.45, 2.75) is 55.6 Å². The zero-order chi connectivity index (χ0) is 24.3. The quantitative estimate of drug-likeness (QED) is 0.519. The molecule has 14 heteroatoms. The van der Waals surface area contributed by atoms with Crippen LogP contribution >= 0.6 is 11.3 Å². The molecule has 0 amide bonds. The van der Waals surface area contributed by atoms with Crippen LogP contribution in [0.1, 0.15) is 38.1 Å². The Morgan fingerprint density at radius 1 is 1.26 bits per heavy atom. The van der Waals surface area contributed by atoms with Crippen molar-refractivity contribution in [2.75, 3.05) is 18.0 Å². The molecule has 1 aliphatic heterocycles. The SMILES string of the molecule is C[C@H]1CN(c2cc(S(=O)(=O)NC3(C#N)CC3)cc3c2ncn3-c2nnc(C(F)F)s2)C[C@H](C)N1. The van der Waals surface area contributed by atoms with Gasteiger partial charge < -0.3 is 10.2 Å². The first-order chi connectivity index (χ1) is 16.1. The van der Waals surface area contributed by atoms with Crippen molar-refractivity contribution in [3.05, 3.63) is 23.5 Å². The fourth-order valence-corrected chi connectivity index (χ4v) is 6.33. The van der Waals surface area contributed by atoms with E-state index in [4.69, 9.17) is 0 Å². The third-order valence-electron chi connectivity index (χ3n) is 5.93. The number of hydrogen-bond donors (Lipinski definition) is 2. The normalized spacial score (nSPS) is 22.3. The predicted molar refractivity (Wildman–Crippen MR) is 122 cm³/mol. The number of sulfonamides is 1. The number of aromatic nitrogens is 4. The van der Waals surface area contributed by atoms with Gasteiger partial charge in [0.1, 0.15) is 17.4 Å². The van der Waals surface area contributed by atoms with Crippen LogP contribution in [0.4, 0.5) is 14.5 Å². The van der Waals surface area contributed by atoms with Gasteiger partial charge in [0.25, 0.3) is 6.43 Å². The van der Waals surface area contributed by atoms with Crippen LogP contribution in [0.25, 0.3) is 16.2 Å². The maximum atomic E-state index is 13.3. The molecule has 0 radical (unpaired) electrons. The minimum Gasteiger partial charge on any atom is -0.367 e. The molecule has 0 spiro atoms. The van der Waals surface area contributed by atoms with Crippen molar-refractivity contribution in [2.24, 2.45) is 0 Å². The van der Waals surface area contributed by atoms with E-state index in [9.17, 15) is 22.5 Å². The third kappa shape index (κ3) is 4.13. The number of anilines is 1. The molecule has 5 rings (SSSR count). The van der Waals surface area contributed by atoms with Gasteiger partial charge >= 0.3 is 0 Å². The lowest BCUT2D eigenvalue weighted by molar-refractivity contribution is 0.150. The number of rotatable bonds is 6. The minimum atomic E-state index is -4.04. The molecule has 2 fully saturated rings. The van der Waals surface area contributed by atoms with E-state index in [0.29, 0.717) is 54.0 Å². The van der Waals surface area contributed by atoms with Crippen molar-refractivity contribution in [3.63, 3.8) is 0 Å². The number of benzene rings is 1. The Bertz CT molecular complexity index is 1380. The van der Waals surface area contributed by atoms with Crippen molar-refractivity contribution >= 4 is 38.1 Å². The molecule has 34 heavy (non-hydrogen) atoms. The van der Waals surface area contributed by atoms with Crippen molar-refractivity contribution in [1.82, 2.24) is 29.8 Å². The van der Waals surface area contributed by atoms with E-state index >= 15 is 0 Å². The Morgan fingerprint density at radius 2 is 1.97 bits per heavy atom. The zero-order valence-electron chi connectivity index (χ0n) is 18.4. The van der Waals surface area contributed by atoms with Crippen LogP contribution in [0.5, 0.6) is 0 Å². The topological polar surface area (TPSA) is 129 Å². The van der Waals surface area contributed by atoms with E-state index in [1.807, 2.05) is 19.9 Å². The van der Waals surface area contributed by atoms with Gasteiger partial charge in [-0.15, -0.1) is 10.2 Å². The van der Waals surface area contributed by atoms with Crippen molar-refractivity contribution in [1.29, 1.82) is 5.26 Å². The maximum absolute atomic E-state index is 13.3. The number of halogens is 2. The number of hydrogen-bond acceptors (Lipinski definition) is 9. The summed E-state index contributed by atoms with van der Waals surface area (Å²) < 4.78 is 56.7. The van der Waals surface area contributed by atoms with Gasteiger partial charge in [0.15, 0.2) is 5.01 Å². The molecule has 1 saturated carbocycles. The highest BCUT2D eigenvalue weighted by Gasteiger charge is 2.47. The zero-order valence-corrected chi connectivity index (χ0v) is 20.0. The number of nitrogens with one attached hydrogen (secondary N) is 2. The molecule has 3 heterocycles. The van der Waals surface area contributed by atoms with Gasteiger partial charge in [-0.25, -0.2) is 22.2 Å². The maximum Gasteiger partial charge on any atom is 0.291 e. The average molecular weight is 509 g/mol. The van der Waals surface area contributed by atoms with Crippen LogP contribution in [0.15, 0.2) is 23.4 Å². The van der Waals surface area contributed by atoms with Crippen LogP contribution in [-0.4, -0.2) is 58.9 Å². The molecule has 10 nitrogen and oxygen atoms in total. The van der Waals surface area contributed by atoms with Crippen LogP contribution in [0, 0.1) is 11.3 Å². The Labute approximate surface area is 198 Å². The highest BCUT2D eigenvalue weighted by atomic mass is 32.2. The monoisotopic (exact) mass is 508 g/mol. The van der Waals surface area contributed by atoms with E-state index in [1.54, 1.807) is 6.07 Å². The van der Waals surface area contributed by atoms with E-state index in [-0.39, 0.29) is 22.1 Å². The summed E-state index contributed by atoms with van der Waals surface area (Å²) >= 11 is 0.712. The number of alkyl halides is 2. The molecule has 0 bridgehead atoms. The van der Waals surface area contributed by atoms with Gasteiger partial charge in [0.05, 0.1) is 22.2 Å². The summed E-state index contributed by atoms with van der Waals surface area (Å²) in [7, 11) is -4.04. The van der Waals surface area contributed by atoms with Gasteiger partial charge in [-0.2, -0.15) is 9.98 Å². The molecule has 1 saturated heterocycles. The lowest BCUT2D eigenvalue weighted by Gasteiger charge is -2.37. The second kappa shape index (κ2) is 8.19. The highest BCUT2D eigenvalue weighted by Crippen LogP contribution is 2.38. The van der Waals surface area contributed by atoms with Crippen molar-refractivity contribution in [3.8, 4) is 11.2 Å². The minimum absolute atomic E-state index is 0.0317. The summed E-state index contributed by atoms with van der Waals surface area (Å²) in [5.74, 6) is 0. The van der Waals surface area contributed by atoms with Crippen LogP contribution in [0.2, 0.25) is 0 Å². The first kappa shape index (κ1) is 23.0. The van der Waals surface area contributed by atoms with Crippen LogP contribution < -0.4 is 14.9 Å². The second-order valence-corrected chi connectivity index (χ2v) is 11.5. The summed E-state index contributed by atoms with van der Waals surface area (Å²) in [6.45, 7) is 5.33. The van der Waals surface area contributed by atoms with Crippen molar-refractivity contribution < 1.29 is 17.2 Å². The molecule has 1 aliphatic carbocycles. The van der Waals surface area contributed by atoms with Gasteiger partial charge in [0, 0.05) is 25.2 Å². The smallest absolute Gasteiger partial charge is 0.291 e. The molecule has 3 aromatic rings. The molecule has 2 aliphatic rings. The molecular weight excluding hydrogens is 486 g/mol. The standard InChI is InChI=1S/C20H22F2N8O2S2/c1-11-7-29(8-12(2)25-11)14-5-13(34(31,32)28-20(9-23)3-4-20)6-15-16(14)24-10-30(15)19-27-26-18(33-19)17(21)22/h5-6,10-12,17,25,28H,3-4,7-8H2,1-2H3/t11-,12-/m0/s1. The van der Waals surface area contributed by atoms with E-state index in [1.165, 1.54) is 17.0 Å². The summed E-state index contributed by atoms with van der Waals surface area (Å²) in [4.78, 5) is 6.52. The largest absolute Gasteiger partial charge is 0.367 e. The molecule has 2 atom stereocenters. The summed E-state index contributed by atoms with van der Waals surface area (Å²) in [6.07, 6.45) is -0.435. The number of fused-ring (bicyclic) bond motifs is 1. The number of imidazole rings is 1. The fourth-order valence-electron chi connectivity index (χ4n) is 4.23. The van der Waals surface area contributed by atoms with Gasteiger partial charge in [-0.3, -0.25) is 4.57 Å². The highest BCUT2D eigenvalue weighted by molar-refractivity contribution is 7.89. The molecule has 0 unspecified atom stereocenters. The van der Waals surface area contributed by atoms with E-state index in [2.05, 4.69) is 30.1 Å². The van der Waals surface area contributed by atoms with Gasteiger partial charge in [0.2, 0.25) is 15.2 Å². The molecule has 2 aromatic heterocycles. The lowest BCUT2D eigenvalue weighted by atomic mass is 10.1. The molecule has 2 N–H and O–H groups in total. The first-order valence-electron chi connectivity index (χ1n) is 10.7. The van der Waals surface area contributed by atoms with Gasteiger partial charge in [-0.05, 0) is 38.8 Å². The Kier molecular flexibility index (Phi) is 5.55.